The zero-order valence-corrected chi connectivity index (χ0v) is 14.5. The van der Waals surface area contributed by atoms with Gasteiger partial charge in [-0.2, -0.15) is 0 Å². The van der Waals surface area contributed by atoms with Crippen LogP contribution >= 0.6 is 0 Å². The summed E-state index contributed by atoms with van der Waals surface area (Å²) in [6.45, 7) is 2.83. The molecule has 2 aromatic rings. The zero-order chi connectivity index (χ0) is 17.2. The van der Waals surface area contributed by atoms with E-state index >= 15 is 0 Å². The summed E-state index contributed by atoms with van der Waals surface area (Å²) >= 11 is 0. The van der Waals surface area contributed by atoms with Gasteiger partial charge in [-0.3, -0.25) is 4.79 Å². The Morgan fingerprint density at radius 1 is 1.12 bits per heavy atom. The fourth-order valence-electron chi connectivity index (χ4n) is 2.56. The molecule has 0 saturated carbocycles. The molecule has 24 heavy (non-hydrogen) atoms. The van der Waals surface area contributed by atoms with Gasteiger partial charge in [-0.1, -0.05) is 37.6 Å². The van der Waals surface area contributed by atoms with E-state index in [0.717, 1.165) is 55.5 Å². The summed E-state index contributed by atoms with van der Waals surface area (Å²) < 4.78 is 11.1. The van der Waals surface area contributed by atoms with Crippen LogP contribution in [0, 0.1) is 6.07 Å². The van der Waals surface area contributed by atoms with Gasteiger partial charge in [0, 0.05) is 11.6 Å². The summed E-state index contributed by atoms with van der Waals surface area (Å²) in [6, 6.07) is 14.7. The van der Waals surface area contributed by atoms with Gasteiger partial charge in [0.15, 0.2) is 0 Å². The molecule has 0 aliphatic carbocycles. The van der Waals surface area contributed by atoms with Crippen molar-refractivity contribution in [3.05, 3.63) is 59.2 Å². The van der Waals surface area contributed by atoms with Crippen LogP contribution in [-0.2, 0) is 12.8 Å². The maximum Gasteiger partial charge on any atom is 0.150 e. The van der Waals surface area contributed by atoms with Crippen LogP contribution in [0.2, 0.25) is 0 Å². The highest BCUT2D eigenvalue weighted by atomic mass is 16.5. The fraction of sp³-hybridized carbons (Fsp3) is 0.381. The van der Waals surface area contributed by atoms with E-state index in [1.165, 1.54) is 5.56 Å². The van der Waals surface area contributed by atoms with Crippen LogP contribution < -0.4 is 9.47 Å². The second-order valence-corrected chi connectivity index (χ2v) is 5.81. The summed E-state index contributed by atoms with van der Waals surface area (Å²) in [5.74, 6) is 1.61. The first-order valence-corrected chi connectivity index (χ1v) is 8.52. The fourth-order valence-corrected chi connectivity index (χ4v) is 2.56. The third kappa shape index (κ3) is 5.41. The van der Waals surface area contributed by atoms with Gasteiger partial charge >= 0.3 is 0 Å². The average molecular weight is 325 g/mol. The Bertz CT molecular complexity index is 649. The lowest BCUT2D eigenvalue weighted by Gasteiger charge is -2.12. The predicted molar refractivity (Wildman–Crippen MR) is 96.1 cm³/mol. The number of unbranched alkanes of at least 4 members (excludes halogenated alkanes) is 1. The maximum atomic E-state index is 11.0. The minimum Gasteiger partial charge on any atom is -0.496 e. The van der Waals surface area contributed by atoms with Gasteiger partial charge in [-0.05, 0) is 48.9 Å². The van der Waals surface area contributed by atoms with E-state index in [1.54, 1.807) is 7.11 Å². The van der Waals surface area contributed by atoms with Crippen molar-refractivity contribution in [1.29, 1.82) is 0 Å². The van der Waals surface area contributed by atoms with Crippen LogP contribution in [-0.4, -0.2) is 20.0 Å². The molecule has 0 N–H and O–H groups in total. The number of hydrogen-bond acceptors (Lipinski definition) is 3. The topological polar surface area (TPSA) is 35.5 Å². The quantitative estimate of drug-likeness (QED) is 0.471. The van der Waals surface area contributed by atoms with Gasteiger partial charge in [0.25, 0.3) is 0 Å². The largest absolute Gasteiger partial charge is 0.496 e. The summed E-state index contributed by atoms with van der Waals surface area (Å²) in [5.41, 5.74) is 3.06. The molecule has 0 aromatic heterocycles. The normalized spacial score (nSPS) is 10.4. The monoisotopic (exact) mass is 325 g/mol. The molecule has 0 amide bonds. The molecule has 127 valence electrons. The van der Waals surface area contributed by atoms with Gasteiger partial charge in [0.2, 0.25) is 0 Å². The van der Waals surface area contributed by atoms with Crippen LogP contribution in [0.5, 0.6) is 11.5 Å². The molecule has 0 spiro atoms. The molecule has 0 heterocycles. The van der Waals surface area contributed by atoms with E-state index in [4.69, 9.17) is 9.47 Å². The number of aryl methyl sites for hydroxylation is 2. The molecule has 0 aliphatic heterocycles. The maximum absolute atomic E-state index is 11.0. The Balaban J connectivity index is 1.98. The highest BCUT2D eigenvalue weighted by Gasteiger charge is 2.06. The van der Waals surface area contributed by atoms with Crippen molar-refractivity contribution >= 4 is 6.29 Å². The van der Waals surface area contributed by atoms with Crippen LogP contribution in [0.25, 0.3) is 0 Å². The molecule has 0 saturated heterocycles. The first kappa shape index (κ1) is 18.1. The Kier molecular flexibility index (Phi) is 7.34. The van der Waals surface area contributed by atoms with Crippen LogP contribution in [0.1, 0.15) is 47.7 Å². The van der Waals surface area contributed by atoms with Crippen LogP contribution in [0.3, 0.4) is 0 Å². The Morgan fingerprint density at radius 2 is 2.00 bits per heavy atom. The van der Waals surface area contributed by atoms with E-state index in [2.05, 4.69) is 19.1 Å². The Morgan fingerprint density at radius 3 is 2.75 bits per heavy atom. The van der Waals surface area contributed by atoms with Crippen molar-refractivity contribution in [1.82, 2.24) is 0 Å². The first-order chi connectivity index (χ1) is 11.8. The summed E-state index contributed by atoms with van der Waals surface area (Å²) in [4.78, 5) is 11.0. The standard InChI is InChI=1S/C21H25O3/c1-3-4-13-24-21-15-18(16-22)11-12-19(21)9-5-7-17-8-6-10-20(14-17)23-2/h6,8,11-12,14-16H,3-5,7,9,13H2,1-2H3. The highest BCUT2D eigenvalue weighted by molar-refractivity contribution is 5.75. The Hall–Kier alpha value is -2.29. The second kappa shape index (κ2) is 9.76. The molecule has 0 aliphatic rings. The SMILES string of the molecule is CCCCOc1cc(C=O)ccc1CCCc1cc[c]c(OC)c1. The molecular formula is C21H25O3. The van der Waals surface area contributed by atoms with Crippen molar-refractivity contribution in [2.45, 2.75) is 39.0 Å². The Labute approximate surface area is 144 Å². The van der Waals surface area contributed by atoms with Gasteiger partial charge in [0.1, 0.15) is 17.8 Å². The number of methoxy groups -OCH3 is 1. The number of hydrogen-bond donors (Lipinski definition) is 0. The molecule has 1 radical (unpaired) electrons. The van der Waals surface area contributed by atoms with E-state index in [9.17, 15) is 4.79 Å². The molecule has 2 rings (SSSR count). The van der Waals surface area contributed by atoms with Gasteiger partial charge in [-0.25, -0.2) is 0 Å². The van der Waals surface area contributed by atoms with Gasteiger partial charge < -0.3 is 9.47 Å². The van der Waals surface area contributed by atoms with Crippen molar-refractivity contribution in [2.24, 2.45) is 0 Å². The molecule has 3 nitrogen and oxygen atoms in total. The molecule has 0 atom stereocenters. The number of ether oxygens (including phenoxy) is 2. The molecule has 0 fully saturated rings. The average Bonchev–Trinajstić information content (AvgIpc) is 2.63. The van der Waals surface area contributed by atoms with Crippen molar-refractivity contribution in [3.63, 3.8) is 0 Å². The van der Waals surface area contributed by atoms with Crippen molar-refractivity contribution in [3.8, 4) is 11.5 Å². The molecule has 3 heteroatoms. The number of carbonyl (C=O) groups is 1. The summed E-state index contributed by atoms with van der Waals surface area (Å²) in [7, 11) is 1.66. The molecular weight excluding hydrogens is 300 g/mol. The third-order valence-electron chi connectivity index (χ3n) is 3.95. The number of carbonyl (C=O) groups excluding carboxylic acids is 1. The van der Waals surface area contributed by atoms with E-state index in [1.807, 2.05) is 30.3 Å². The predicted octanol–water partition coefficient (Wildman–Crippen LogP) is 4.66. The van der Waals surface area contributed by atoms with Crippen LogP contribution in [0.4, 0.5) is 0 Å². The highest BCUT2D eigenvalue weighted by Crippen LogP contribution is 2.23. The minimum absolute atomic E-state index is 0.661. The van der Waals surface area contributed by atoms with Crippen molar-refractivity contribution < 1.29 is 14.3 Å². The smallest absolute Gasteiger partial charge is 0.150 e. The van der Waals surface area contributed by atoms with E-state index < -0.39 is 0 Å². The van der Waals surface area contributed by atoms with Gasteiger partial charge in [0.05, 0.1) is 13.7 Å². The zero-order valence-electron chi connectivity index (χ0n) is 14.5. The number of aldehydes is 1. The summed E-state index contributed by atoms with van der Waals surface area (Å²) in [6.07, 6.45) is 5.87. The lowest BCUT2D eigenvalue weighted by molar-refractivity contribution is 0.112. The number of benzene rings is 2. The first-order valence-electron chi connectivity index (χ1n) is 8.52. The van der Waals surface area contributed by atoms with E-state index in [0.29, 0.717) is 12.2 Å². The van der Waals surface area contributed by atoms with Crippen molar-refractivity contribution in [2.75, 3.05) is 13.7 Å². The minimum atomic E-state index is 0.661. The molecule has 2 aromatic carbocycles. The van der Waals surface area contributed by atoms with Gasteiger partial charge in [-0.15, -0.1) is 0 Å². The lowest BCUT2D eigenvalue weighted by Crippen LogP contribution is -2.01. The lowest BCUT2D eigenvalue weighted by atomic mass is 10.0. The van der Waals surface area contributed by atoms with Crippen LogP contribution in [0.15, 0.2) is 36.4 Å². The molecule has 0 unspecified atom stereocenters. The molecule has 0 bridgehead atoms. The van der Waals surface area contributed by atoms with E-state index in [-0.39, 0.29) is 0 Å². The third-order valence-corrected chi connectivity index (χ3v) is 3.95. The summed E-state index contributed by atoms with van der Waals surface area (Å²) in [5, 5.41) is 0. The second-order valence-electron chi connectivity index (χ2n) is 5.81. The number of rotatable bonds is 10.